The number of hydrogen-bond donors (Lipinski definition) is 0. The van der Waals surface area contributed by atoms with Crippen molar-refractivity contribution in [2.75, 3.05) is 13.9 Å². The largest absolute Gasteiger partial charge is 0.467 e. The molecular weight excluding hydrogens is 180 g/mol. The predicted molar refractivity (Wildman–Crippen MR) is 53.6 cm³/mol. The average molecular weight is 196 g/mol. The molecule has 0 bridgehead atoms. The Morgan fingerprint density at radius 3 is 2.86 bits per heavy atom. The number of allylic oxidation sites excluding steroid dienone is 3. The Morgan fingerprint density at radius 2 is 2.29 bits per heavy atom. The molecule has 0 unspecified atom stereocenters. The molecular formula is C11H16O3. The van der Waals surface area contributed by atoms with Crippen LogP contribution in [0.4, 0.5) is 0 Å². The lowest BCUT2D eigenvalue weighted by molar-refractivity contribution is -0.105. The third-order valence-corrected chi connectivity index (χ3v) is 2.10. The summed E-state index contributed by atoms with van der Waals surface area (Å²) in [4.78, 5) is 10.8. The van der Waals surface area contributed by atoms with Crippen molar-refractivity contribution in [2.45, 2.75) is 20.3 Å². The van der Waals surface area contributed by atoms with Crippen LogP contribution in [-0.2, 0) is 14.3 Å². The Balaban J connectivity index is 2.74. The van der Waals surface area contributed by atoms with Gasteiger partial charge in [-0.05, 0) is 17.9 Å². The Bertz CT molecular complexity index is 274. The van der Waals surface area contributed by atoms with Crippen molar-refractivity contribution < 1.29 is 14.3 Å². The molecule has 0 saturated heterocycles. The van der Waals surface area contributed by atoms with E-state index in [9.17, 15) is 4.79 Å². The van der Waals surface area contributed by atoms with Crippen molar-refractivity contribution in [2.24, 2.45) is 5.41 Å². The minimum atomic E-state index is 0.0379. The molecule has 0 fully saturated rings. The second kappa shape index (κ2) is 4.42. The van der Waals surface area contributed by atoms with Crippen molar-refractivity contribution in [3.8, 4) is 0 Å². The Labute approximate surface area is 84.4 Å². The van der Waals surface area contributed by atoms with E-state index in [1.807, 2.05) is 12.2 Å². The fraction of sp³-hybridized carbons (Fsp3) is 0.545. The van der Waals surface area contributed by atoms with Gasteiger partial charge in [0.1, 0.15) is 5.76 Å². The molecule has 14 heavy (non-hydrogen) atoms. The number of aldehydes is 1. The van der Waals surface area contributed by atoms with E-state index in [2.05, 4.69) is 13.8 Å². The van der Waals surface area contributed by atoms with Gasteiger partial charge in [-0.25, -0.2) is 0 Å². The van der Waals surface area contributed by atoms with Crippen LogP contribution in [0.1, 0.15) is 20.3 Å². The van der Waals surface area contributed by atoms with Gasteiger partial charge in [0, 0.05) is 7.11 Å². The van der Waals surface area contributed by atoms with Gasteiger partial charge in [-0.3, -0.25) is 4.79 Å². The maximum atomic E-state index is 10.8. The standard InChI is InChI=1S/C11H16O3/c1-11(2)5-4-10(14-8-13-3)9(6-11)7-12/h4,6-7H,5,8H2,1-3H3. The summed E-state index contributed by atoms with van der Waals surface area (Å²) in [5.41, 5.74) is 0.647. The van der Waals surface area contributed by atoms with E-state index >= 15 is 0 Å². The molecule has 0 aromatic rings. The maximum Gasteiger partial charge on any atom is 0.188 e. The number of ether oxygens (including phenoxy) is 2. The van der Waals surface area contributed by atoms with Crippen LogP contribution in [0.15, 0.2) is 23.5 Å². The highest BCUT2D eigenvalue weighted by Gasteiger charge is 2.22. The van der Waals surface area contributed by atoms with Gasteiger partial charge in [-0.2, -0.15) is 0 Å². The minimum absolute atomic E-state index is 0.0379. The van der Waals surface area contributed by atoms with Crippen LogP contribution in [0.5, 0.6) is 0 Å². The fourth-order valence-electron chi connectivity index (χ4n) is 1.38. The van der Waals surface area contributed by atoms with Crippen LogP contribution in [0.2, 0.25) is 0 Å². The molecule has 3 nitrogen and oxygen atoms in total. The first-order valence-corrected chi connectivity index (χ1v) is 4.59. The zero-order valence-corrected chi connectivity index (χ0v) is 8.87. The monoisotopic (exact) mass is 196 g/mol. The molecule has 0 atom stereocenters. The first kappa shape index (κ1) is 11.0. The molecule has 0 aromatic heterocycles. The lowest BCUT2D eigenvalue weighted by Gasteiger charge is -2.24. The van der Waals surface area contributed by atoms with Gasteiger partial charge >= 0.3 is 0 Å². The molecule has 0 spiro atoms. The summed E-state index contributed by atoms with van der Waals surface area (Å²) in [6.45, 7) is 4.34. The van der Waals surface area contributed by atoms with E-state index in [-0.39, 0.29) is 12.2 Å². The van der Waals surface area contributed by atoms with E-state index in [1.165, 1.54) is 0 Å². The quantitative estimate of drug-likeness (QED) is 0.510. The van der Waals surface area contributed by atoms with Crippen molar-refractivity contribution >= 4 is 6.29 Å². The molecule has 0 saturated carbocycles. The topological polar surface area (TPSA) is 35.5 Å². The van der Waals surface area contributed by atoms with E-state index in [0.717, 1.165) is 12.7 Å². The van der Waals surface area contributed by atoms with Gasteiger partial charge in [-0.15, -0.1) is 0 Å². The molecule has 0 radical (unpaired) electrons. The van der Waals surface area contributed by atoms with Gasteiger partial charge in [0.2, 0.25) is 0 Å². The summed E-state index contributed by atoms with van der Waals surface area (Å²) < 4.78 is 10.1. The van der Waals surface area contributed by atoms with Crippen LogP contribution < -0.4 is 0 Å². The summed E-state index contributed by atoms with van der Waals surface area (Å²) in [5.74, 6) is 0.626. The van der Waals surface area contributed by atoms with Crippen molar-refractivity contribution in [3.63, 3.8) is 0 Å². The number of methoxy groups -OCH3 is 1. The van der Waals surface area contributed by atoms with Crippen LogP contribution in [0, 0.1) is 5.41 Å². The number of rotatable bonds is 4. The maximum absolute atomic E-state index is 10.8. The SMILES string of the molecule is COCOC1=CCC(C)(C)C=C1C=O. The lowest BCUT2D eigenvalue weighted by atomic mass is 9.83. The molecule has 1 rings (SSSR count). The molecule has 0 aliphatic heterocycles. The van der Waals surface area contributed by atoms with Crippen LogP contribution >= 0.6 is 0 Å². The normalized spacial score (nSPS) is 19.6. The molecule has 1 aliphatic rings. The Kier molecular flexibility index (Phi) is 3.47. The van der Waals surface area contributed by atoms with Gasteiger partial charge in [0.25, 0.3) is 0 Å². The highest BCUT2D eigenvalue weighted by molar-refractivity contribution is 5.79. The van der Waals surface area contributed by atoms with E-state index in [1.54, 1.807) is 7.11 Å². The van der Waals surface area contributed by atoms with Crippen LogP contribution in [0.3, 0.4) is 0 Å². The number of carbonyl (C=O) groups is 1. The first-order valence-electron chi connectivity index (χ1n) is 4.59. The molecule has 78 valence electrons. The van der Waals surface area contributed by atoms with Gasteiger partial charge < -0.3 is 9.47 Å². The third kappa shape index (κ3) is 2.70. The number of hydrogen-bond acceptors (Lipinski definition) is 3. The highest BCUT2D eigenvalue weighted by atomic mass is 16.7. The summed E-state index contributed by atoms with van der Waals surface area (Å²) in [6, 6.07) is 0. The highest BCUT2D eigenvalue weighted by Crippen LogP contribution is 2.31. The smallest absolute Gasteiger partial charge is 0.188 e. The molecule has 0 amide bonds. The third-order valence-electron chi connectivity index (χ3n) is 2.10. The fourth-order valence-corrected chi connectivity index (χ4v) is 1.38. The van der Waals surface area contributed by atoms with E-state index in [0.29, 0.717) is 11.3 Å². The summed E-state index contributed by atoms with van der Waals surface area (Å²) in [5, 5.41) is 0. The molecule has 3 heteroatoms. The van der Waals surface area contributed by atoms with Crippen molar-refractivity contribution in [1.29, 1.82) is 0 Å². The summed E-state index contributed by atoms with van der Waals surface area (Å²) >= 11 is 0. The Hall–Kier alpha value is -1.09. The van der Waals surface area contributed by atoms with E-state index < -0.39 is 0 Å². The second-order valence-electron chi connectivity index (χ2n) is 4.03. The van der Waals surface area contributed by atoms with Gasteiger partial charge in [-0.1, -0.05) is 19.9 Å². The van der Waals surface area contributed by atoms with Crippen molar-refractivity contribution in [3.05, 3.63) is 23.5 Å². The summed E-state index contributed by atoms with van der Waals surface area (Å²) in [7, 11) is 1.55. The predicted octanol–water partition coefficient (Wildman–Crippen LogP) is 2.05. The second-order valence-corrected chi connectivity index (χ2v) is 4.03. The molecule has 1 aliphatic carbocycles. The number of carbonyl (C=O) groups excluding carboxylic acids is 1. The van der Waals surface area contributed by atoms with E-state index in [4.69, 9.17) is 9.47 Å². The van der Waals surface area contributed by atoms with Gasteiger partial charge in [0.05, 0.1) is 5.57 Å². The van der Waals surface area contributed by atoms with Crippen LogP contribution in [0.25, 0.3) is 0 Å². The van der Waals surface area contributed by atoms with Crippen LogP contribution in [-0.4, -0.2) is 20.2 Å². The first-order chi connectivity index (χ1) is 6.59. The molecule has 0 heterocycles. The average Bonchev–Trinajstić information content (AvgIpc) is 2.15. The zero-order chi connectivity index (χ0) is 10.6. The Morgan fingerprint density at radius 1 is 1.57 bits per heavy atom. The molecule has 0 aromatic carbocycles. The van der Waals surface area contributed by atoms with Crippen molar-refractivity contribution in [1.82, 2.24) is 0 Å². The lowest BCUT2D eigenvalue weighted by Crippen LogP contribution is -2.15. The zero-order valence-electron chi connectivity index (χ0n) is 8.87. The van der Waals surface area contributed by atoms with Gasteiger partial charge in [0.15, 0.2) is 13.1 Å². The molecule has 0 N–H and O–H groups in total. The minimum Gasteiger partial charge on any atom is -0.467 e. The summed E-state index contributed by atoms with van der Waals surface area (Å²) in [6.07, 6.45) is 5.57.